The number of benzene rings is 10. The molecule has 0 bridgehead atoms. The van der Waals surface area contributed by atoms with Crippen molar-refractivity contribution in [1.29, 1.82) is 0 Å². The number of nitrogens with zero attached hydrogens (tertiary/aromatic N) is 2. The van der Waals surface area contributed by atoms with E-state index in [4.69, 9.17) is 0 Å². The van der Waals surface area contributed by atoms with Gasteiger partial charge in [-0.25, -0.2) is 0 Å². The van der Waals surface area contributed by atoms with Gasteiger partial charge in [-0.3, -0.25) is 0 Å². The predicted octanol–water partition coefficient (Wildman–Crippen LogP) is 16.1. The zero-order valence-corrected chi connectivity index (χ0v) is 33.0. The fraction of sp³-hybridized carbons (Fsp3) is 0. The fourth-order valence-electron chi connectivity index (χ4n) is 8.79. The average molecular weight is 765 g/mol. The molecule has 0 amide bonds. The van der Waals surface area contributed by atoms with Crippen LogP contribution in [0.15, 0.2) is 243 Å². The third-order valence-corrected chi connectivity index (χ3v) is 11.7. The summed E-state index contributed by atoms with van der Waals surface area (Å²) in [5.41, 5.74) is 16.3. The summed E-state index contributed by atoms with van der Waals surface area (Å²) < 4.78 is 2.44. The Morgan fingerprint density at radius 3 is 1.52 bits per heavy atom. The summed E-state index contributed by atoms with van der Waals surface area (Å²) in [6, 6.07) is 87.9. The van der Waals surface area contributed by atoms with Crippen LogP contribution in [0.1, 0.15) is 0 Å². The molecule has 0 fully saturated rings. The summed E-state index contributed by atoms with van der Waals surface area (Å²) in [5.74, 6) is 0. The molecule has 0 aliphatic heterocycles. The molecular formula is C58H40N2. The second kappa shape index (κ2) is 15.1. The lowest BCUT2D eigenvalue weighted by Gasteiger charge is -2.26. The summed E-state index contributed by atoms with van der Waals surface area (Å²) in [7, 11) is 0. The number of hydrogen-bond donors (Lipinski definition) is 0. The molecule has 0 radical (unpaired) electrons. The monoisotopic (exact) mass is 764 g/mol. The molecule has 2 heteroatoms. The Morgan fingerprint density at radius 2 is 0.750 bits per heavy atom. The van der Waals surface area contributed by atoms with Crippen LogP contribution in [0.2, 0.25) is 0 Å². The van der Waals surface area contributed by atoms with E-state index in [1.807, 2.05) is 0 Å². The Balaban J connectivity index is 1.03. The Labute approximate surface area is 350 Å². The van der Waals surface area contributed by atoms with Gasteiger partial charge >= 0.3 is 0 Å². The number of aromatic nitrogens is 1. The highest BCUT2D eigenvalue weighted by Crippen LogP contribution is 2.41. The van der Waals surface area contributed by atoms with E-state index in [1.54, 1.807) is 0 Å². The summed E-state index contributed by atoms with van der Waals surface area (Å²) in [6.07, 6.45) is 0. The Morgan fingerprint density at radius 1 is 0.250 bits per heavy atom. The maximum Gasteiger partial charge on any atom is 0.0541 e. The van der Waals surface area contributed by atoms with Crippen LogP contribution in [0, 0.1) is 0 Å². The highest BCUT2D eigenvalue weighted by molar-refractivity contribution is 6.10. The maximum absolute atomic E-state index is 2.44. The fourth-order valence-corrected chi connectivity index (χ4v) is 8.79. The molecule has 1 heterocycles. The first-order chi connectivity index (χ1) is 29.7. The van der Waals surface area contributed by atoms with Gasteiger partial charge in [-0.2, -0.15) is 0 Å². The van der Waals surface area contributed by atoms with Crippen molar-refractivity contribution < 1.29 is 0 Å². The number of rotatable bonds is 8. The van der Waals surface area contributed by atoms with Gasteiger partial charge in [0.1, 0.15) is 0 Å². The summed E-state index contributed by atoms with van der Waals surface area (Å²) in [5, 5.41) is 4.94. The van der Waals surface area contributed by atoms with E-state index in [0.29, 0.717) is 0 Å². The molecule has 0 saturated carbocycles. The molecule has 2 nitrogen and oxygen atoms in total. The van der Waals surface area contributed by atoms with E-state index in [-0.39, 0.29) is 0 Å². The van der Waals surface area contributed by atoms with Gasteiger partial charge in [-0.1, -0.05) is 164 Å². The van der Waals surface area contributed by atoms with Crippen LogP contribution in [0.4, 0.5) is 17.1 Å². The van der Waals surface area contributed by atoms with Crippen molar-refractivity contribution in [2.24, 2.45) is 0 Å². The highest BCUT2D eigenvalue weighted by Gasteiger charge is 2.18. The predicted molar refractivity (Wildman–Crippen MR) is 255 cm³/mol. The van der Waals surface area contributed by atoms with E-state index < -0.39 is 0 Å². The van der Waals surface area contributed by atoms with E-state index in [1.165, 1.54) is 71.5 Å². The third kappa shape index (κ3) is 6.51. The first kappa shape index (κ1) is 35.2. The van der Waals surface area contributed by atoms with E-state index in [9.17, 15) is 0 Å². The minimum Gasteiger partial charge on any atom is -0.310 e. The van der Waals surface area contributed by atoms with Crippen LogP contribution in [-0.4, -0.2) is 4.57 Å². The maximum atomic E-state index is 2.44. The van der Waals surface area contributed by atoms with Crippen molar-refractivity contribution in [2.45, 2.75) is 0 Å². The number of para-hydroxylation sites is 2. The molecular weight excluding hydrogens is 725 g/mol. The zero-order chi connectivity index (χ0) is 39.8. The lowest BCUT2D eigenvalue weighted by molar-refractivity contribution is 1.18. The molecule has 60 heavy (non-hydrogen) atoms. The van der Waals surface area contributed by atoms with Gasteiger partial charge < -0.3 is 9.47 Å². The molecule has 282 valence electrons. The van der Waals surface area contributed by atoms with Gasteiger partial charge in [0.05, 0.1) is 11.0 Å². The Kier molecular flexibility index (Phi) is 8.87. The highest BCUT2D eigenvalue weighted by atomic mass is 15.1. The SMILES string of the molecule is c1ccc(-c2ccc(N(c3ccccc3)c3cccc(-c4ccc5c(c4)c4ccccc4n5-c4cc(-c5ccccc5)cc(-c5ccc6ccccc6c5)c4)c3)cc2)cc1. The minimum absolute atomic E-state index is 1.10. The summed E-state index contributed by atoms with van der Waals surface area (Å²) in [4.78, 5) is 2.34. The number of hydrogen-bond acceptors (Lipinski definition) is 1. The van der Waals surface area contributed by atoms with E-state index in [2.05, 4.69) is 252 Å². The minimum atomic E-state index is 1.10. The summed E-state index contributed by atoms with van der Waals surface area (Å²) in [6.45, 7) is 0. The van der Waals surface area contributed by atoms with Crippen LogP contribution in [0.25, 0.3) is 82.8 Å². The van der Waals surface area contributed by atoms with Crippen LogP contribution in [-0.2, 0) is 0 Å². The van der Waals surface area contributed by atoms with Crippen molar-refractivity contribution in [3.8, 4) is 50.2 Å². The lowest BCUT2D eigenvalue weighted by atomic mass is 9.96. The molecule has 11 rings (SSSR count). The first-order valence-electron chi connectivity index (χ1n) is 20.6. The van der Waals surface area contributed by atoms with Crippen LogP contribution < -0.4 is 4.90 Å². The third-order valence-electron chi connectivity index (χ3n) is 11.7. The molecule has 0 aliphatic rings. The van der Waals surface area contributed by atoms with Crippen molar-refractivity contribution in [3.05, 3.63) is 243 Å². The van der Waals surface area contributed by atoms with Gasteiger partial charge in [0, 0.05) is 33.5 Å². The second-order valence-corrected chi connectivity index (χ2v) is 15.4. The van der Waals surface area contributed by atoms with E-state index >= 15 is 0 Å². The van der Waals surface area contributed by atoms with Gasteiger partial charge in [-0.05, 0) is 134 Å². The average Bonchev–Trinajstić information content (AvgIpc) is 3.66. The molecule has 0 unspecified atom stereocenters. The van der Waals surface area contributed by atoms with Crippen molar-refractivity contribution in [1.82, 2.24) is 4.57 Å². The number of fused-ring (bicyclic) bond motifs is 4. The topological polar surface area (TPSA) is 8.17 Å². The number of anilines is 3. The molecule has 11 aromatic rings. The van der Waals surface area contributed by atoms with Gasteiger partial charge in [-0.15, -0.1) is 0 Å². The molecule has 0 N–H and O–H groups in total. The van der Waals surface area contributed by atoms with Gasteiger partial charge in [0.25, 0.3) is 0 Å². The normalized spacial score (nSPS) is 11.3. The van der Waals surface area contributed by atoms with Crippen LogP contribution >= 0.6 is 0 Å². The second-order valence-electron chi connectivity index (χ2n) is 15.4. The van der Waals surface area contributed by atoms with Crippen LogP contribution in [0.5, 0.6) is 0 Å². The van der Waals surface area contributed by atoms with Crippen molar-refractivity contribution in [3.63, 3.8) is 0 Å². The largest absolute Gasteiger partial charge is 0.310 e. The van der Waals surface area contributed by atoms with Crippen molar-refractivity contribution >= 4 is 49.6 Å². The lowest BCUT2D eigenvalue weighted by Crippen LogP contribution is -2.09. The zero-order valence-electron chi connectivity index (χ0n) is 33.0. The molecule has 0 spiro atoms. The van der Waals surface area contributed by atoms with Crippen LogP contribution in [0.3, 0.4) is 0 Å². The quantitative estimate of drug-likeness (QED) is 0.150. The standard InChI is InChI=1S/C58H40N2/c1-4-15-41(16-5-1)44-29-32-52(33-30-44)59(51-22-8-3-9-23-51)53-24-14-21-46(37-53)48-31-34-58-56(40-48)55-25-12-13-26-57(55)60(58)54-38-49(42-17-6-2-7-18-42)36-50(39-54)47-28-27-43-19-10-11-20-45(43)35-47/h1-40H. The van der Waals surface area contributed by atoms with Gasteiger partial charge in [0.2, 0.25) is 0 Å². The molecule has 0 saturated heterocycles. The first-order valence-corrected chi connectivity index (χ1v) is 20.6. The van der Waals surface area contributed by atoms with Gasteiger partial charge in [0.15, 0.2) is 0 Å². The smallest absolute Gasteiger partial charge is 0.0541 e. The Bertz CT molecular complexity index is 3290. The molecule has 0 atom stereocenters. The van der Waals surface area contributed by atoms with E-state index in [0.717, 1.165) is 28.3 Å². The Hall–Kier alpha value is -7.94. The molecule has 10 aromatic carbocycles. The molecule has 0 aliphatic carbocycles. The summed E-state index contributed by atoms with van der Waals surface area (Å²) >= 11 is 0. The van der Waals surface area contributed by atoms with Crippen molar-refractivity contribution in [2.75, 3.05) is 4.90 Å². The molecule has 1 aromatic heterocycles.